The first kappa shape index (κ1) is 11.7. The van der Waals surface area contributed by atoms with Gasteiger partial charge in [-0.1, -0.05) is 18.2 Å². The molecule has 0 heteroatoms. The number of allylic oxidation sites excluding steroid dienone is 11. The van der Waals surface area contributed by atoms with Crippen LogP contribution in [0.4, 0.5) is 0 Å². The lowest BCUT2D eigenvalue weighted by Crippen LogP contribution is -1.82. The van der Waals surface area contributed by atoms with Gasteiger partial charge in [0.25, 0.3) is 0 Å². The molecule has 2 aliphatic carbocycles. The standard InChI is InChI=1S/C17H18/c1-12-13(2)15(4)17(14(12)3)11-7-10-16-8-5-6-9-16/h5-8,10-11H,1-4H3/b10-7+. The molecule has 0 heterocycles. The van der Waals surface area contributed by atoms with Crippen LogP contribution in [0.3, 0.4) is 0 Å². The Bertz CT molecular complexity index is 537. The highest BCUT2D eigenvalue weighted by molar-refractivity contribution is 5.62. The van der Waals surface area contributed by atoms with E-state index in [2.05, 4.69) is 57.7 Å². The van der Waals surface area contributed by atoms with Gasteiger partial charge in [-0.15, -0.1) is 5.73 Å². The number of hydrogen-bond acceptors (Lipinski definition) is 0. The SMILES string of the molecule is CC1=C(C)C(C)=C(C)C1=C/C=C/C1=C=CC=C1. The molecule has 0 unspecified atom stereocenters. The maximum Gasteiger partial charge on any atom is 0.0164 e. The van der Waals surface area contributed by atoms with E-state index in [1.54, 1.807) is 0 Å². The molecule has 86 valence electrons. The Morgan fingerprint density at radius 1 is 0.941 bits per heavy atom. The molecule has 0 N–H and O–H groups in total. The molecule has 2 rings (SSSR count). The molecule has 0 bridgehead atoms. The van der Waals surface area contributed by atoms with Gasteiger partial charge in [-0.05, 0) is 73.8 Å². The molecule has 0 atom stereocenters. The number of rotatable bonds is 2. The number of hydrogen-bond donors (Lipinski definition) is 0. The fourth-order valence-corrected chi connectivity index (χ4v) is 2.19. The van der Waals surface area contributed by atoms with E-state index in [-0.39, 0.29) is 0 Å². The lowest BCUT2D eigenvalue weighted by Gasteiger charge is -2.00. The second kappa shape index (κ2) is 4.61. The third kappa shape index (κ3) is 2.18. The predicted molar refractivity (Wildman–Crippen MR) is 74.7 cm³/mol. The van der Waals surface area contributed by atoms with Crippen molar-refractivity contribution in [3.05, 3.63) is 75.6 Å². The van der Waals surface area contributed by atoms with Crippen LogP contribution in [0.1, 0.15) is 27.7 Å². The van der Waals surface area contributed by atoms with Gasteiger partial charge in [0, 0.05) is 5.57 Å². The summed E-state index contributed by atoms with van der Waals surface area (Å²) in [7, 11) is 0. The van der Waals surface area contributed by atoms with Crippen LogP contribution in [0, 0.1) is 0 Å². The summed E-state index contributed by atoms with van der Waals surface area (Å²) in [5.41, 5.74) is 11.3. The molecule has 0 aromatic carbocycles. The first-order valence-electron chi connectivity index (χ1n) is 5.99. The van der Waals surface area contributed by atoms with E-state index >= 15 is 0 Å². The molecule has 0 saturated carbocycles. The summed E-state index contributed by atoms with van der Waals surface area (Å²) in [5.74, 6) is 0. The van der Waals surface area contributed by atoms with Crippen LogP contribution >= 0.6 is 0 Å². The summed E-state index contributed by atoms with van der Waals surface area (Å²) in [6.45, 7) is 8.79. The van der Waals surface area contributed by atoms with E-state index in [0.29, 0.717) is 0 Å². The minimum absolute atomic E-state index is 1.14. The predicted octanol–water partition coefficient (Wildman–Crippen LogP) is 4.81. The van der Waals surface area contributed by atoms with Crippen molar-refractivity contribution in [1.82, 2.24) is 0 Å². The van der Waals surface area contributed by atoms with Crippen molar-refractivity contribution in [2.24, 2.45) is 0 Å². The van der Waals surface area contributed by atoms with Gasteiger partial charge in [-0.3, -0.25) is 0 Å². The summed E-state index contributed by atoms with van der Waals surface area (Å²) in [5, 5.41) is 0. The zero-order chi connectivity index (χ0) is 12.4. The second-order valence-electron chi connectivity index (χ2n) is 4.56. The first-order chi connectivity index (χ1) is 8.11. The molecule has 2 aliphatic rings. The molecule has 0 fully saturated rings. The van der Waals surface area contributed by atoms with E-state index in [0.717, 1.165) is 5.57 Å². The van der Waals surface area contributed by atoms with Crippen LogP contribution in [0.25, 0.3) is 0 Å². The van der Waals surface area contributed by atoms with Crippen molar-refractivity contribution < 1.29 is 0 Å². The van der Waals surface area contributed by atoms with Crippen LogP contribution in [0.2, 0.25) is 0 Å². The molecule has 0 aromatic rings. The molecule has 0 aliphatic heterocycles. The zero-order valence-electron chi connectivity index (χ0n) is 11.0. The third-order valence-corrected chi connectivity index (χ3v) is 3.66. The van der Waals surface area contributed by atoms with Gasteiger partial charge in [0.1, 0.15) is 0 Å². The van der Waals surface area contributed by atoms with Crippen molar-refractivity contribution in [2.45, 2.75) is 27.7 Å². The maximum atomic E-state index is 3.16. The van der Waals surface area contributed by atoms with Gasteiger partial charge in [-0.25, -0.2) is 0 Å². The van der Waals surface area contributed by atoms with E-state index in [9.17, 15) is 0 Å². The van der Waals surface area contributed by atoms with Gasteiger partial charge in [0.15, 0.2) is 0 Å². The van der Waals surface area contributed by atoms with Crippen LogP contribution in [0.5, 0.6) is 0 Å². The normalized spacial score (nSPS) is 19.1. The topological polar surface area (TPSA) is 0 Å². The molecule has 0 saturated heterocycles. The fourth-order valence-electron chi connectivity index (χ4n) is 2.19. The molecule has 0 radical (unpaired) electrons. The second-order valence-corrected chi connectivity index (χ2v) is 4.56. The average Bonchev–Trinajstić information content (AvgIpc) is 2.89. The van der Waals surface area contributed by atoms with Crippen molar-refractivity contribution >= 4 is 0 Å². The molecular weight excluding hydrogens is 204 g/mol. The summed E-state index contributed by atoms with van der Waals surface area (Å²) in [6, 6.07) is 0. The van der Waals surface area contributed by atoms with Gasteiger partial charge in [0.2, 0.25) is 0 Å². The van der Waals surface area contributed by atoms with Crippen LogP contribution in [-0.4, -0.2) is 0 Å². The highest BCUT2D eigenvalue weighted by atomic mass is 14.2. The van der Waals surface area contributed by atoms with Crippen molar-refractivity contribution in [2.75, 3.05) is 0 Å². The van der Waals surface area contributed by atoms with E-state index in [1.807, 2.05) is 12.2 Å². The monoisotopic (exact) mass is 222 g/mol. The van der Waals surface area contributed by atoms with E-state index < -0.39 is 0 Å². The van der Waals surface area contributed by atoms with E-state index in [4.69, 9.17) is 0 Å². The van der Waals surface area contributed by atoms with Crippen molar-refractivity contribution in [3.8, 4) is 0 Å². The van der Waals surface area contributed by atoms with Gasteiger partial charge >= 0.3 is 0 Å². The Morgan fingerprint density at radius 3 is 2.12 bits per heavy atom. The van der Waals surface area contributed by atoms with Gasteiger partial charge in [-0.2, -0.15) is 0 Å². The average molecular weight is 222 g/mol. The minimum atomic E-state index is 1.14. The Labute approximate surface area is 104 Å². The summed E-state index contributed by atoms with van der Waals surface area (Å²) in [4.78, 5) is 0. The van der Waals surface area contributed by atoms with Gasteiger partial charge in [0.05, 0.1) is 0 Å². The summed E-state index contributed by atoms with van der Waals surface area (Å²) < 4.78 is 0. The molecule has 0 nitrogen and oxygen atoms in total. The van der Waals surface area contributed by atoms with Crippen molar-refractivity contribution in [1.29, 1.82) is 0 Å². The first-order valence-corrected chi connectivity index (χ1v) is 5.99. The van der Waals surface area contributed by atoms with Crippen LogP contribution in [-0.2, 0) is 0 Å². The quantitative estimate of drug-likeness (QED) is 0.588. The largest absolute Gasteiger partial charge is 0.113 e. The zero-order valence-corrected chi connectivity index (χ0v) is 11.0. The lowest BCUT2D eigenvalue weighted by atomic mass is 10.0. The Morgan fingerprint density at radius 2 is 1.59 bits per heavy atom. The molecule has 0 spiro atoms. The highest BCUT2D eigenvalue weighted by Crippen LogP contribution is 2.35. The molecule has 17 heavy (non-hydrogen) atoms. The van der Waals surface area contributed by atoms with Crippen LogP contribution in [0.15, 0.2) is 75.6 Å². The Kier molecular flexibility index (Phi) is 3.17. The summed E-state index contributed by atoms with van der Waals surface area (Å²) in [6.07, 6.45) is 12.4. The van der Waals surface area contributed by atoms with E-state index in [1.165, 1.54) is 27.9 Å². The summed E-state index contributed by atoms with van der Waals surface area (Å²) >= 11 is 0. The molecule has 0 aromatic heterocycles. The Balaban J connectivity index is 2.25. The smallest absolute Gasteiger partial charge is 0.0164 e. The Hall–Kier alpha value is -1.78. The van der Waals surface area contributed by atoms with Crippen LogP contribution < -0.4 is 0 Å². The van der Waals surface area contributed by atoms with Crippen molar-refractivity contribution in [3.63, 3.8) is 0 Å². The lowest BCUT2D eigenvalue weighted by molar-refractivity contribution is 1.31. The van der Waals surface area contributed by atoms with Gasteiger partial charge < -0.3 is 0 Å². The maximum absolute atomic E-state index is 3.16. The minimum Gasteiger partial charge on any atom is -0.113 e. The molecular formula is C17H18. The fraction of sp³-hybridized carbons (Fsp3) is 0.235. The highest BCUT2D eigenvalue weighted by Gasteiger charge is 2.16. The third-order valence-electron chi connectivity index (χ3n) is 3.66. The molecule has 0 amide bonds.